The molecule has 1 heterocycles. The van der Waals surface area contributed by atoms with Gasteiger partial charge in [0.1, 0.15) is 0 Å². The largest absolute Gasteiger partial charge is 0.282 e. The van der Waals surface area contributed by atoms with Gasteiger partial charge in [-0.1, -0.05) is 19.3 Å². The summed E-state index contributed by atoms with van der Waals surface area (Å²) in [6.07, 6.45) is 7.46. The van der Waals surface area contributed by atoms with E-state index in [9.17, 15) is 8.42 Å². The van der Waals surface area contributed by atoms with Gasteiger partial charge in [-0.15, -0.1) is 11.6 Å². The molecular weight excluding hydrogens is 272 g/mol. The number of rotatable bonds is 5. The summed E-state index contributed by atoms with van der Waals surface area (Å²) in [5.41, 5.74) is 0. The van der Waals surface area contributed by atoms with Gasteiger partial charge in [-0.3, -0.25) is 0 Å². The second-order valence-corrected chi connectivity index (χ2v) is 7.46. The molecule has 0 unspecified atom stereocenters. The summed E-state index contributed by atoms with van der Waals surface area (Å²) in [4.78, 5) is 0. The Hall–Kier alpha value is 0.160. The van der Waals surface area contributed by atoms with Crippen LogP contribution in [-0.4, -0.2) is 48.6 Å². The third-order valence-corrected chi connectivity index (χ3v) is 6.23. The normalized spacial score (nSPS) is 23.9. The molecule has 4 nitrogen and oxygen atoms in total. The summed E-state index contributed by atoms with van der Waals surface area (Å²) in [7, 11) is -3.28. The van der Waals surface area contributed by atoms with Crippen molar-refractivity contribution in [3.63, 3.8) is 0 Å². The molecule has 1 aliphatic heterocycles. The SMILES string of the molecule is O=S(=O)(N1CCCC1)N(CCCl)C1CCCCC1. The van der Waals surface area contributed by atoms with Crippen LogP contribution in [0.3, 0.4) is 0 Å². The van der Waals surface area contributed by atoms with Gasteiger partial charge >= 0.3 is 0 Å². The number of hydrogen-bond acceptors (Lipinski definition) is 2. The Labute approximate surface area is 115 Å². The molecule has 1 saturated carbocycles. The molecule has 0 aromatic rings. The molecule has 0 aromatic heterocycles. The fourth-order valence-electron chi connectivity index (χ4n) is 3.01. The van der Waals surface area contributed by atoms with Crippen molar-refractivity contribution in [1.82, 2.24) is 8.61 Å². The van der Waals surface area contributed by atoms with Gasteiger partial charge < -0.3 is 0 Å². The first kappa shape index (κ1) is 14.6. The van der Waals surface area contributed by atoms with Crippen LogP contribution in [0, 0.1) is 0 Å². The third-order valence-electron chi connectivity index (χ3n) is 3.97. The predicted octanol–water partition coefficient (Wildman–Crippen LogP) is 2.20. The van der Waals surface area contributed by atoms with Crippen LogP contribution in [0.1, 0.15) is 44.9 Å². The van der Waals surface area contributed by atoms with Crippen molar-refractivity contribution >= 4 is 21.8 Å². The minimum atomic E-state index is -3.28. The van der Waals surface area contributed by atoms with Crippen molar-refractivity contribution in [2.24, 2.45) is 0 Å². The highest BCUT2D eigenvalue weighted by Gasteiger charge is 2.36. The topological polar surface area (TPSA) is 40.6 Å². The third kappa shape index (κ3) is 3.18. The lowest BCUT2D eigenvalue weighted by Gasteiger charge is -2.35. The Morgan fingerprint density at radius 2 is 1.67 bits per heavy atom. The fraction of sp³-hybridized carbons (Fsp3) is 1.00. The number of alkyl halides is 1. The summed E-state index contributed by atoms with van der Waals surface area (Å²) >= 11 is 5.80. The van der Waals surface area contributed by atoms with E-state index in [1.54, 1.807) is 8.61 Å². The molecule has 0 bridgehead atoms. The van der Waals surface area contributed by atoms with Gasteiger partial charge in [-0.05, 0) is 25.7 Å². The highest BCUT2D eigenvalue weighted by Crippen LogP contribution is 2.27. The van der Waals surface area contributed by atoms with Gasteiger partial charge in [0.25, 0.3) is 10.2 Å². The minimum absolute atomic E-state index is 0.170. The molecule has 0 spiro atoms. The van der Waals surface area contributed by atoms with Crippen molar-refractivity contribution in [3.05, 3.63) is 0 Å². The van der Waals surface area contributed by atoms with E-state index in [1.807, 2.05) is 0 Å². The van der Waals surface area contributed by atoms with Gasteiger partial charge in [-0.2, -0.15) is 17.0 Å². The lowest BCUT2D eigenvalue weighted by Crippen LogP contribution is -2.49. The molecular formula is C12H23ClN2O2S. The van der Waals surface area contributed by atoms with Crippen LogP contribution in [0.2, 0.25) is 0 Å². The highest BCUT2D eigenvalue weighted by molar-refractivity contribution is 7.86. The van der Waals surface area contributed by atoms with Crippen molar-refractivity contribution in [3.8, 4) is 0 Å². The maximum Gasteiger partial charge on any atom is 0.282 e. The summed E-state index contributed by atoms with van der Waals surface area (Å²) in [5, 5.41) is 0. The molecule has 0 aromatic carbocycles. The Morgan fingerprint density at radius 1 is 1.06 bits per heavy atom. The van der Waals surface area contributed by atoms with Gasteiger partial charge in [-0.25, -0.2) is 0 Å². The molecule has 106 valence electrons. The molecule has 1 aliphatic carbocycles. The van der Waals surface area contributed by atoms with Gasteiger partial charge in [0.2, 0.25) is 0 Å². The zero-order chi connectivity index (χ0) is 13.0. The van der Waals surface area contributed by atoms with Crippen LogP contribution >= 0.6 is 11.6 Å². The molecule has 2 fully saturated rings. The second-order valence-electron chi connectivity index (χ2n) is 5.21. The maximum atomic E-state index is 12.6. The molecule has 6 heteroatoms. The standard InChI is InChI=1S/C12H23ClN2O2S/c13-8-11-15(12-6-2-1-3-7-12)18(16,17)14-9-4-5-10-14/h12H,1-11H2. The van der Waals surface area contributed by atoms with E-state index in [-0.39, 0.29) is 6.04 Å². The summed E-state index contributed by atoms with van der Waals surface area (Å²) in [6, 6.07) is 0.170. The highest BCUT2D eigenvalue weighted by atomic mass is 35.5. The smallest absolute Gasteiger partial charge is 0.195 e. The van der Waals surface area contributed by atoms with Crippen LogP contribution in [0.15, 0.2) is 0 Å². The average Bonchev–Trinajstić information content (AvgIpc) is 2.91. The number of nitrogens with zero attached hydrogens (tertiary/aromatic N) is 2. The molecule has 0 atom stereocenters. The van der Waals surface area contributed by atoms with E-state index in [1.165, 1.54) is 6.42 Å². The van der Waals surface area contributed by atoms with Gasteiger partial charge in [0, 0.05) is 31.6 Å². The van der Waals surface area contributed by atoms with E-state index in [0.717, 1.165) is 38.5 Å². The lowest BCUT2D eigenvalue weighted by molar-refractivity contribution is 0.246. The Kier molecular flexibility index (Phi) is 5.30. The van der Waals surface area contributed by atoms with E-state index in [0.29, 0.717) is 25.5 Å². The van der Waals surface area contributed by atoms with Crippen molar-refractivity contribution in [2.45, 2.75) is 51.0 Å². The first-order chi connectivity index (χ1) is 8.66. The summed E-state index contributed by atoms with van der Waals surface area (Å²) < 4.78 is 28.5. The van der Waals surface area contributed by atoms with Crippen LogP contribution < -0.4 is 0 Å². The van der Waals surface area contributed by atoms with Crippen LogP contribution in [0.5, 0.6) is 0 Å². The first-order valence-electron chi connectivity index (χ1n) is 6.99. The molecule has 2 rings (SSSR count). The van der Waals surface area contributed by atoms with Crippen molar-refractivity contribution in [1.29, 1.82) is 0 Å². The molecule has 2 aliphatic rings. The van der Waals surface area contributed by atoms with E-state index in [2.05, 4.69) is 0 Å². The molecule has 0 N–H and O–H groups in total. The molecule has 1 saturated heterocycles. The molecule has 18 heavy (non-hydrogen) atoms. The van der Waals surface area contributed by atoms with Crippen LogP contribution in [-0.2, 0) is 10.2 Å². The first-order valence-corrected chi connectivity index (χ1v) is 8.92. The van der Waals surface area contributed by atoms with E-state index < -0.39 is 10.2 Å². The predicted molar refractivity (Wildman–Crippen MR) is 74.0 cm³/mol. The Morgan fingerprint density at radius 3 is 2.22 bits per heavy atom. The van der Waals surface area contributed by atoms with Gasteiger partial charge in [0.05, 0.1) is 0 Å². The van der Waals surface area contributed by atoms with Crippen LogP contribution in [0.4, 0.5) is 0 Å². The minimum Gasteiger partial charge on any atom is -0.195 e. The summed E-state index contributed by atoms with van der Waals surface area (Å²) in [5.74, 6) is 0.379. The van der Waals surface area contributed by atoms with Crippen molar-refractivity contribution < 1.29 is 8.42 Å². The summed E-state index contributed by atoms with van der Waals surface area (Å²) in [6.45, 7) is 1.80. The number of hydrogen-bond donors (Lipinski definition) is 0. The quantitative estimate of drug-likeness (QED) is 0.729. The van der Waals surface area contributed by atoms with E-state index in [4.69, 9.17) is 11.6 Å². The monoisotopic (exact) mass is 294 g/mol. The Bertz CT molecular complexity index is 349. The Balaban J connectivity index is 2.11. The molecule has 0 amide bonds. The lowest BCUT2D eigenvalue weighted by atomic mass is 9.95. The average molecular weight is 295 g/mol. The second kappa shape index (κ2) is 6.55. The van der Waals surface area contributed by atoms with Crippen molar-refractivity contribution in [2.75, 3.05) is 25.5 Å². The molecule has 0 radical (unpaired) electrons. The zero-order valence-electron chi connectivity index (χ0n) is 10.9. The maximum absolute atomic E-state index is 12.6. The zero-order valence-corrected chi connectivity index (χ0v) is 12.4. The fourth-order valence-corrected chi connectivity index (χ4v) is 5.21. The van der Waals surface area contributed by atoms with Gasteiger partial charge in [0.15, 0.2) is 0 Å². The number of halogens is 1. The van der Waals surface area contributed by atoms with E-state index >= 15 is 0 Å². The van der Waals surface area contributed by atoms with Crippen LogP contribution in [0.25, 0.3) is 0 Å².